The molecule has 1 heterocycles. The molecular weight excluding hydrogens is 348 g/mol. The highest BCUT2D eigenvalue weighted by atomic mass is 32.2. The van der Waals surface area contributed by atoms with Crippen molar-refractivity contribution in [1.82, 2.24) is 14.0 Å². The van der Waals surface area contributed by atoms with E-state index in [0.29, 0.717) is 13.0 Å². The van der Waals surface area contributed by atoms with Crippen LogP contribution in [0, 0.1) is 0 Å². The van der Waals surface area contributed by atoms with Crippen molar-refractivity contribution in [1.29, 1.82) is 0 Å². The molecule has 1 aromatic carbocycles. The molecule has 1 aromatic heterocycles. The fourth-order valence-electron chi connectivity index (χ4n) is 1.90. The maximum absolute atomic E-state index is 11.6. The van der Waals surface area contributed by atoms with Crippen molar-refractivity contribution in [2.75, 3.05) is 26.0 Å². The molecule has 2 aromatic rings. The smallest absolute Gasteiger partial charge is 0.278 e. The first kappa shape index (κ1) is 18.5. The first-order chi connectivity index (χ1) is 11.3. The predicted octanol–water partition coefficient (Wildman–Crippen LogP) is 1.71. The first-order valence-electron chi connectivity index (χ1n) is 7.27. The number of nitrogens with zero attached hydrogens (tertiary/aromatic N) is 2. The maximum atomic E-state index is 11.6. The van der Waals surface area contributed by atoms with Crippen molar-refractivity contribution in [3.8, 4) is 11.3 Å². The van der Waals surface area contributed by atoms with E-state index in [1.165, 1.54) is 32.4 Å². The molecule has 24 heavy (non-hydrogen) atoms. The average Bonchev–Trinajstić information content (AvgIpc) is 2.96. The van der Waals surface area contributed by atoms with Gasteiger partial charge in [-0.3, -0.25) is 4.79 Å². The van der Waals surface area contributed by atoms with Gasteiger partial charge in [0.15, 0.2) is 0 Å². The van der Waals surface area contributed by atoms with Crippen LogP contribution in [-0.4, -0.2) is 44.3 Å². The van der Waals surface area contributed by atoms with Crippen LogP contribution in [0.15, 0.2) is 29.6 Å². The van der Waals surface area contributed by atoms with Crippen molar-refractivity contribution in [2.45, 2.75) is 13.3 Å². The first-order valence-corrected chi connectivity index (χ1v) is 9.59. The molecule has 0 aliphatic heterocycles. The van der Waals surface area contributed by atoms with Crippen molar-refractivity contribution in [3.05, 3.63) is 34.7 Å². The summed E-state index contributed by atoms with van der Waals surface area (Å²) in [6.45, 7) is 1.76. The van der Waals surface area contributed by atoms with E-state index < -0.39 is 10.2 Å². The highest BCUT2D eigenvalue weighted by molar-refractivity contribution is 7.87. The Balaban J connectivity index is 1.96. The minimum Gasteiger partial charge on any atom is -0.326 e. The van der Waals surface area contributed by atoms with Crippen LogP contribution in [0.25, 0.3) is 11.3 Å². The summed E-state index contributed by atoms with van der Waals surface area (Å²) in [6, 6.07) is 7.42. The normalized spacial score (nSPS) is 11.7. The molecule has 7 nitrogen and oxygen atoms in total. The minimum absolute atomic E-state index is 0.112. The van der Waals surface area contributed by atoms with Gasteiger partial charge in [-0.15, -0.1) is 11.3 Å². The van der Waals surface area contributed by atoms with Crippen LogP contribution in [0.1, 0.15) is 11.9 Å². The molecule has 2 N–H and O–H groups in total. The molecule has 0 unspecified atom stereocenters. The maximum Gasteiger partial charge on any atom is 0.278 e. The largest absolute Gasteiger partial charge is 0.326 e. The van der Waals surface area contributed by atoms with E-state index in [4.69, 9.17) is 0 Å². The third-order valence-corrected chi connectivity index (χ3v) is 5.60. The summed E-state index contributed by atoms with van der Waals surface area (Å²) in [5.41, 5.74) is 2.51. The summed E-state index contributed by atoms with van der Waals surface area (Å²) in [7, 11) is -0.442. The van der Waals surface area contributed by atoms with Crippen LogP contribution in [0.5, 0.6) is 0 Å². The quantitative estimate of drug-likeness (QED) is 0.778. The number of hydrogen-bond donors (Lipinski definition) is 2. The number of hydrogen-bond acceptors (Lipinski definition) is 5. The fourth-order valence-corrected chi connectivity index (χ4v) is 3.33. The SMILES string of the molecule is CC(=O)Nc1ccc(-c2csc(CCNS(=O)(=O)N(C)C)n2)cc1. The molecular formula is C15H20N4O3S2. The summed E-state index contributed by atoms with van der Waals surface area (Å²) in [5.74, 6) is -0.112. The molecule has 0 aliphatic rings. The van der Waals surface area contributed by atoms with Gasteiger partial charge >= 0.3 is 0 Å². The lowest BCUT2D eigenvalue weighted by atomic mass is 10.1. The topological polar surface area (TPSA) is 91.4 Å². The van der Waals surface area contributed by atoms with Gasteiger partial charge in [-0.25, -0.2) is 9.71 Å². The van der Waals surface area contributed by atoms with Gasteiger partial charge in [-0.1, -0.05) is 12.1 Å². The van der Waals surface area contributed by atoms with Crippen molar-refractivity contribution < 1.29 is 13.2 Å². The highest BCUT2D eigenvalue weighted by Crippen LogP contribution is 2.23. The molecule has 0 spiro atoms. The number of amides is 1. The lowest BCUT2D eigenvalue weighted by Gasteiger charge is -2.11. The molecule has 0 fully saturated rings. The third kappa shape index (κ3) is 5.10. The number of thiazole rings is 1. The van der Waals surface area contributed by atoms with Gasteiger partial charge in [0.1, 0.15) is 0 Å². The fraction of sp³-hybridized carbons (Fsp3) is 0.333. The van der Waals surface area contributed by atoms with Crippen LogP contribution in [-0.2, 0) is 21.4 Å². The van der Waals surface area contributed by atoms with Gasteiger partial charge in [-0.05, 0) is 12.1 Å². The number of aromatic nitrogens is 1. The summed E-state index contributed by atoms with van der Waals surface area (Å²) in [4.78, 5) is 15.5. The second-order valence-electron chi connectivity index (χ2n) is 5.32. The van der Waals surface area contributed by atoms with Gasteiger partial charge in [0.05, 0.1) is 10.7 Å². The van der Waals surface area contributed by atoms with Crippen LogP contribution in [0.3, 0.4) is 0 Å². The molecule has 0 aliphatic carbocycles. The van der Waals surface area contributed by atoms with Crippen LogP contribution < -0.4 is 10.0 Å². The number of carbonyl (C=O) groups is 1. The Morgan fingerprint density at radius 2 is 1.92 bits per heavy atom. The van der Waals surface area contributed by atoms with Gasteiger partial charge in [0.2, 0.25) is 5.91 Å². The zero-order valence-corrected chi connectivity index (χ0v) is 15.4. The van der Waals surface area contributed by atoms with Crippen LogP contribution >= 0.6 is 11.3 Å². The van der Waals surface area contributed by atoms with Gasteiger partial charge in [0, 0.05) is 50.6 Å². The Hall–Kier alpha value is -1.81. The summed E-state index contributed by atoms with van der Waals surface area (Å²) >= 11 is 1.49. The van der Waals surface area contributed by atoms with Crippen molar-refractivity contribution in [2.24, 2.45) is 0 Å². The van der Waals surface area contributed by atoms with Crippen molar-refractivity contribution in [3.63, 3.8) is 0 Å². The Morgan fingerprint density at radius 3 is 2.50 bits per heavy atom. The standard InChI is InChI=1S/C15H20N4O3S2/c1-11(20)17-13-6-4-12(5-7-13)14-10-23-15(18-14)8-9-16-24(21,22)19(2)3/h4-7,10,16H,8-9H2,1-3H3,(H,17,20). The second-order valence-corrected chi connectivity index (χ2v) is 8.23. The Morgan fingerprint density at radius 1 is 1.25 bits per heavy atom. The Labute approximate surface area is 145 Å². The zero-order valence-electron chi connectivity index (χ0n) is 13.7. The Bertz CT molecular complexity index is 798. The molecule has 1 amide bonds. The molecule has 0 atom stereocenters. The molecule has 2 rings (SSSR count). The molecule has 0 radical (unpaired) electrons. The number of benzene rings is 1. The van der Waals surface area contributed by atoms with E-state index in [9.17, 15) is 13.2 Å². The number of rotatable bonds is 7. The second kappa shape index (κ2) is 7.84. The van der Waals surface area contributed by atoms with E-state index in [2.05, 4.69) is 15.0 Å². The molecule has 130 valence electrons. The lowest BCUT2D eigenvalue weighted by molar-refractivity contribution is -0.114. The van der Waals surface area contributed by atoms with Crippen molar-refractivity contribution >= 4 is 33.1 Å². The molecule has 0 saturated heterocycles. The van der Waals surface area contributed by atoms with E-state index in [1.807, 2.05) is 29.6 Å². The predicted molar refractivity (Wildman–Crippen MR) is 96.2 cm³/mol. The molecule has 9 heteroatoms. The van der Waals surface area contributed by atoms with Crippen LogP contribution in [0.4, 0.5) is 5.69 Å². The number of carbonyl (C=O) groups excluding carboxylic acids is 1. The summed E-state index contributed by atoms with van der Waals surface area (Å²) in [6.07, 6.45) is 0.529. The number of anilines is 1. The van der Waals surface area contributed by atoms with E-state index in [0.717, 1.165) is 26.3 Å². The minimum atomic E-state index is -3.40. The average molecular weight is 368 g/mol. The number of nitrogens with one attached hydrogen (secondary N) is 2. The van der Waals surface area contributed by atoms with Crippen LogP contribution in [0.2, 0.25) is 0 Å². The van der Waals surface area contributed by atoms with Gasteiger partial charge < -0.3 is 5.32 Å². The van der Waals surface area contributed by atoms with E-state index in [1.54, 1.807) is 0 Å². The van der Waals surface area contributed by atoms with Gasteiger partial charge in [0.25, 0.3) is 10.2 Å². The van der Waals surface area contributed by atoms with E-state index in [-0.39, 0.29) is 5.91 Å². The molecule has 0 bridgehead atoms. The lowest BCUT2D eigenvalue weighted by Crippen LogP contribution is -2.36. The van der Waals surface area contributed by atoms with Gasteiger partial charge in [-0.2, -0.15) is 12.7 Å². The molecule has 0 saturated carbocycles. The Kier molecular flexibility index (Phi) is 6.05. The van der Waals surface area contributed by atoms with E-state index >= 15 is 0 Å². The highest BCUT2D eigenvalue weighted by Gasteiger charge is 2.12. The monoisotopic (exact) mass is 368 g/mol. The summed E-state index contributed by atoms with van der Waals surface area (Å²) in [5, 5.41) is 5.51. The third-order valence-electron chi connectivity index (χ3n) is 3.16. The summed E-state index contributed by atoms with van der Waals surface area (Å²) < 4.78 is 26.9. The zero-order chi connectivity index (χ0) is 17.7.